The van der Waals surface area contributed by atoms with Crippen LogP contribution in [0.1, 0.15) is 11.1 Å². The fraction of sp³-hybridized carbons (Fsp3) is 0.222. The van der Waals surface area contributed by atoms with Gasteiger partial charge in [-0.25, -0.2) is 8.78 Å². The van der Waals surface area contributed by atoms with Crippen molar-refractivity contribution < 1.29 is 23.1 Å². The highest BCUT2D eigenvalue weighted by molar-refractivity contribution is 5.87. The van der Waals surface area contributed by atoms with E-state index in [2.05, 4.69) is 5.32 Å². The highest BCUT2D eigenvalue weighted by Gasteiger charge is 2.20. The van der Waals surface area contributed by atoms with Gasteiger partial charge in [0.15, 0.2) is 0 Å². The van der Waals surface area contributed by atoms with Crippen LogP contribution in [-0.2, 0) is 22.4 Å². The standard InChI is InChI=1S/C18H18F2N2O3/c1-25-16-5-3-2-4-12(16)9-15(18(21)24)22-17(23)8-11-6-13(19)10-14(20)7-11/h2-7,10,15H,8-9H2,1H3,(H2,21,24)(H,22,23)/t15-/m1/s1. The van der Waals surface area contributed by atoms with Crippen molar-refractivity contribution in [3.05, 3.63) is 65.2 Å². The summed E-state index contributed by atoms with van der Waals surface area (Å²) in [5.74, 6) is -2.27. The van der Waals surface area contributed by atoms with Crippen LogP contribution in [0.3, 0.4) is 0 Å². The van der Waals surface area contributed by atoms with Gasteiger partial charge in [0, 0.05) is 12.5 Å². The number of amides is 2. The molecular weight excluding hydrogens is 330 g/mol. The van der Waals surface area contributed by atoms with Gasteiger partial charge in [0.1, 0.15) is 23.4 Å². The third-order valence-electron chi connectivity index (χ3n) is 3.58. The van der Waals surface area contributed by atoms with Gasteiger partial charge in [0.25, 0.3) is 0 Å². The van der Waals surface area contributed by atoms with Crippen LogP contribution < -0.4 is 15.8 Å². The van der Waals surface area contributed by atoms with Gasteiger partial charge in [0.2, 0.25) is 11.8 Å². The van der Waals surface area contributed by atoms with Crippen molar-refractivity contribution in [2.24, 2.45) is 5.73 Å². The van der Waals surface area contributed by atoms with E-state index >= 15 is 0 Å². The zero-order valence-electron chi connectivity index (χ0n) is 13.6. The van der Waals surface area contributed by atoms with Crippen molar-refractivity contribution in [3.8, 4) is 5.75 Å². The van der Waals surface area contributed by atoms with Crippen molar-refractivity contribution in [1.82, 2.24) is 5.32 Å². The molecule has 1 atom stereocenters. The van der Waals surface area contributed by atoms with Gasteiger partial charge in [-0.3, -0.25) is 9.59 Å². The highest BCUT2D eigenvalue weighted by Crippen LogP contribution is 2.19. The average Bonchev–Trinajstić information content (AvgIpc) is 2.53. The molecular formula is C18H18F2N2O3. The number of methoxy groups -OCH3 is 1. The van der Waals surface area contributed by atoms with Crippen LogP contribution in [0.4, 0.5) is 8.78 Å². The predicted molar refractivity (Wildman–Crippen MR) is 87.9 cm³/mol. The van der Waals surface area contributed by atoms with E-state index in [0.717, 1.165) is 18.2 Å². The molecule has 2 aromatic carbocycles. The number of carbonyl (C=O) groups is 2. The molecule has 2 aromatic rings. The lowest BCUT2D eigenvalue weighted by Gasteiger charge is -2.17. The first-order valence-electron chi connectivity index (χ1n) is 7.54. The second-order valence-electron chi connectivity index (χ2n) is 5.49. The molecule has 0 heterocycles. The highest BCUT2D eigenvalue weighted by atomic mass is 19.1. The van der Waals surface area contributed by atoms with E-state index in [1.165, 1.54) is 7.11 Å². The number of ether oxygens (including phenoxy) is 1. The van der Waals surface area contributed by atoms with Crippen molar-refractivity contribution in [2.75, 3.05) is 7.11 Å². The molecule has 5 nitrogen and oxygen atoms in total. The summed E-state index contributed by atoms with van der Waals surface area (Å²) in [6, 6.07) is 8.89. The van der Waals surface area contributed by atoms with Crippen LogP contribution in [0, 0.1) is 11.6 Å². The maximum absolute atomic E-state index is 13.2. The van der Waals surface area contributed by atoms with E-state index in [4.69, 9.17) is 10.5 Å². The maximum atomic E-state index is 13.2. The maximum Gasteiger partial charge on any atom is 0.240 e. The van der Waals surface area contributed by atoms with Crippen molar-refractivity contribution in [2.45, 2.75) is 18.9 Å². The first-order valence-corrected chi connectivity index (χ1v) is 7.54. The summed E-state index contributed by atoms with van der Waals surface area (Å²) in [4.78, 5) is 23.7. The van der Waals surface area contributed by atoms with Crippen LogP contribution in [0.15, 0.2) is 42.5 Å². The third-order valence-corrected chi connectivity index (χ3v) is 3.58. The summed E-state index contributed by atoms with van der Waals surface area (Å²) >= 11 is 0. The zero-order chi connectivity index (χ0) is 18.4. The van der Waals surface area contributed by atoms with Gasteiger partial charge in [-0.05, 0) is 29.3 Å². The Morgan fingerprint density at radius 2 is 1.80 bits per heavy atom. The minimum Gasteiger partial charge on any atom is -0.496 e. The number of nitrogens with two attached hydrogens (primary N) is 1. The molecule has 132 valence electrons. The first kappa shape index (κ1) is 18.4. The Balaban J connectivity index is 2.08. The fourth-order valence-corrected chi connectivity index (χ4v) is 2.46. The van der Waals surface area contributed by atoms with Gasteiger partial charge < -0.3 is 15.8 Å². The normalized spacial score (nSPS) is 11.6. The molecule has 0 radical (unpaired) electrons. The largest absolute Gasteiger partial charge is 0.496 e. The van der Waals surface area contributed by atoms with Gasteiger partial charge in [0.05, 0.1) is 13.5 Å². The van der Waals surface area contributed by atoms with E-state index in [0.29, 0.717) is 11.3 Å². The van der Waals surface area contributed by atoms with E-state index in [1.54, 1.807) is 24.3 Å². The molecule has 0 bridgehead atoms. The summed E-state index contributed by atoms with van der Waals surface area (Å²) in [7, 11) is 1.50. The smallest absolute Gasteiger partial charge is 0.240 e. The monoisotopic (exact) mass is 348 g/mol. The molecule has 25 heavy (non-hydrogen) atoms. The summed E-state index contributed by atoms with van der Waals surface area (Å²) in [5.41, 5.74) is 6.21. The molecule has 0 aliphatic heterocycles. The molecule has 0 saturated carbocycles. The van der Waals surface area contributed by atoms with Crippen LogP contribution in [0.2, 0.25) is 0 Å². The minimum atomic E-state index is -0.970. The van der Waals surface area contributed by atoms with Crippen LogP contribution in [0.25, 0.3) is 0 Å². The van der Waals surface area contributed by atoms with Gasteiger partial charge >= 0.3 is 0 Å². The number of rotatable bonds is 7. The molecule has 2 amide bonds. The molecule has 3 N–H and O–H groups in total. The number of benzene rings is 2. The number of nitrogens with one attached hydrogen (secondary N) is 1. The minimum absolute atomic E-state index is 0.141. The zero-order valence-corrected chi connectivity index (χ0v) is 13.6. The summed E-state index contributed by atoms with van der Waals surface area (Å²) < 4.78 is 31.6. The van der Waals surface area contributed by atoms with Gasteiger partial charge in [-0.15, -0.1) is 0 Å². The Morgan fingerprint density at radius 1 is 1.16 bits per heavy atom. The van der Waals surface area contributed by atoms with Crippen LogP contribution in [0.5, 0.6) is 5.75 Å². The molecule has 0 spiro atoms. The predicted octanol–water partition coefficient (Wildman–Crippen LogP) is 1.73. The van der Waals surface area contributed by atoms with Crippen molar-refractivity contribution in [1.29, 1.82) is 0 Å². The topological polar surface area (TPSA) is 81.4 Å². The molecule has 2 rings (SSSR count). The van der Waals surface area contributed by atoms with Crippen molar-refractivity contribution in [3.63, 3.8) is 0 Å². The molecule has 0 unspecified atom stereocenters. The lowest BCUT2D eigenvalue weighted by atomic mass is 10.0. The second-order valence-corrected chi connectivity index (χ2v) is 5.49. The Morgan fingerprint density at radius 3 is 2.40 bits per heavy atom. The number of halogens is 2. The van der Waals surface area contributed by atoms with Crippen molar-refractivity contribution >= 4 is 11.8 Å². The van der Waals surface area contributed by atoms with Crippen LogP contribution in [-0.4, -0.2) is 25.0 Å². The van der Waals surface area contributed by atoms with E-state index in [1.807, 2.05) is 0 Å². The van der Waals surface area contributed by atoms with E-state index in [-0.39, 0.29) is 18.4 Å². The fourth-order valence-electron chi connectivity index (χ4n) is 2.46. The summed E-state index contributed by atoms with van der Waals surface area (Å²) in [6.45, 7) is 0. The number of hydrogen-bond donors (Lipinski definition) is 2. The Bertz CT molecular complexity index is 760. The van der Waals surface area contributed by atoms with E-state index < -0.39 is 29.5 Å². The van der Waals surface area contributed by atoms with Gasteiger partial charge in [-0.2, -0.15) is 0 Å². The lowest BCUT2D eigenvalue weighted by Crippen LogP contribution is -2.46. The SMILES string of the molecule is COc1ccccc1C[C@@H](NC(=O)Cc1cc(F)cc(F)c1)C(N)=O. The second kappa shape index (κ2) is 8.23. The quantitative estimate of drug-likeness (QED) is 0.800. The van der Waals surface area contributed by atoms with E-state index in [9.17, 15) is 18.4 Å². The first-order chi connectivity index (χ1) is 11.9. The molecule has 0 fully saturated rings. The Hall–Kier alpha value is -2.96. The lowest BCUT2D eigenvalue weighted by molar-refractivity contribution is -0.127. The van der Waals surface area contributed by atoms with Gasteiger partial charge in [-0.1, -0.05) is 18.2 Å². The summed E-state index contributed by atoms with van der Waals surface area (Å²) in [5, 5.41) is 2.49. The number of para-hydroxylation sites is 1. The molecule has 7 heteroatoms. The Kier molecular flexibility index (Phi) is 6.05. The van der Waals surface area contributed by atoms with Crippen LogP contribution >= 0.6 is 0 Å². The molecule has 0 aliphatic rings. The molecule has 0 aromatic heterocycles. The average molecular weight is 348 g/mol. The third kappa shape index (κ3) is 5.27. The molecule has 0 saturated heterocycles. The molecule has 0 aliphatic carbocycles. The number of primary amides is 1. The summed E-state index contributed by atoms with van der Waals surface area (Å²) in [6.07, 6.45) is -0.132. The number of carbonyl (C=O) groups excluding carboxylic acids is 2. The number of hydrogen-bond acceptors (Lipinski definition) is 3. The Labute approximate surface area is 143 Å².